The monoisotopic (exact) mass is 222 g/mol. The Balaban J connectivity index is 2.68. The molecule has 0 unspecified atom stereocenters. The molecule has 0 atom stereocenters. The van der Waals surface area contributed by atoms with Crippen LogP contribution in [0, 0.1) is 0 Å². The average Bonchev–Trinajstić information content (AvgIpc) is 2.24. The van der Waals surface area contributed by atoms with Crippen LogP contribution in [0.15, 0.2) is 18.2 Å². The molecule has 0 fully saturated rings. The highest BCUT2D eigenvalue weighted by molar-refractivity contribution is 5.96. The standard InChI is InChI=1S/C12H18N2O2/c1-2-3-4-7-16-11-8-9(13)5-6-10(11)12(14)15/h5-6,8H,2-4,7,13H2,1H3,(H2,14,15). The van der Waals surface area contributed by atoms with E-state index in [1.165, 1.54) is 0 Å². The van der Waals surface area contributed by atoms with Crippen molar-refractivity contribution in [3.05, 3.63) is 23.8 Å². The molecule has 4 heteroatoms. The fraction of sp³-hybridized carbons (Fsp3) is 0.417. The number of ether oxygens (including phenoxy) is 1. The van der Waals surface area contributed by atoms with E-state index in [-0.39, 0.29) is 0 Å². The molecule has 4 N–H and O–H groups in total. The number of rotatable bonds is 6. The molecular weight excluding hydrogens is 204 g/mol. The number of carbonyl (C=O) groups is 1. The molecule has 1 rings (SSSR count). The van der Waals surface area contributed by atoms with Crippen molar-refractivity contribution in [1.82, 2.24) is 0 Å². The summed E-state index contributed by atoms with van der Waals surface area (Å²) in [4.78, 5) is 11.1. The van der Waals surface area contributed by atoms with Gasteiger partial charge in [0.1, 0.15) is 5.75 Å². The van der Waals surface area contributed by atoms with E-state index >= 15 is 0 Å². The minimum atomic E-state index is -0.495. The molecule has 0 aromatic heterocycles. The molecule has 16 heavy (non-hydrogen) atoms. The second-order valence-corrected chi connectivity index (χ2v) is 3.68. The van der Waals surface area contributed by atoms with Crippen LogP contribution in [0.2, 0.25) is 0 Å². The van der Waals surface area contributed by atoms with E-state index in [1.807, 2.05) is 0 Å². The normalized spacial score (nSPS) is 10.1. The molecule has 1 aromatic rings. The summed E-state index contributed by atoms with van der Waals surface area (Å²) < 4.78 is 5.50. The summed E-state index contributed by atoms with van der Waals surface area (Å²) >= 11 is 0. The van der Waals surface area contributed by atoms with Crippen LogP contribution in [-0.4, -0.2) is 12.5 Å². The maximum Gasteiger partial charge on any atom is 0.252 e. The minimum absolute atomic E-state index is 0.380. The maximum atomic E-state index is 11.1. The van der Waals surface area contributed by atoms with Crippen LogP contribution in [0.1, 0.15) is 36.5 Å². The molecular formula is C12H18N2O2. The number of carbonyl (C=O) groups excluding carboxylic acids is 1. The third kappa shape index (κ3) is 3.46. The second kappa shape index (κ2) is 6.00. The third-order valence-electron chi connectivity index (χ3n) is 2.28. The van der Waals surface area contributed by atoms with E-state index in [2.05, 4.69) is 6.92 Å². The molecule has 0 saturated carbocycles. The Labute approximate surface area is 95.6 Å². The molecule has 1 aromatic carbocycles. The molecule has 0 spiro atoms. The summed E-state index contributed by atoms with van der Waals surface area (Å²) in [5.74, 6) is -0.0194. The largest absolute Gasteiger partial charge is 0.493 e. The topological polar surface area (TPSA) is 78.3 Å². The van der Waals surface area contributed by atoms with E-state index in [4.69, 9.17) is 16.2 Å². The number of amides is 1. The number of benzene rings is 1. The van der Waals surface area contributed by atoms with Crippen molar-refractivity contribution in [1.29, 1.82) is 0 Å². The van der Waals surface area contributed by atoms with Gasteiger partial charge in [-0.2, -0.15) is 0 Å². The van der Waals surface area contributed by atoms with Gasteiger partial charge in [-0.05, 0) is 18.6 Å². The maximum absolute atomic E-state index is 11.1. The van der Waals surface area contributed by atoms with Gasteiger partial charge in [0, 0.05) is 11.8 Å². The van der Waals surface area contributed by atoms with Crippen molar-refractivity contribution in [2.75, 3.05) is 12.3 Å². The summed E-state index contributed by atoms with van der Waals surface area (Å²) in [6.45, 7) is 2.70. The molecule has 88 valence electrons. The number of primary amides is 1. The lowest BCUT2D eigenvalue weighted by Gasteiger charge is -2.09. The first-order valence-electron chi connectivity index (χ1n) is 5.47. The lowest BCUT2D eigenvalue weighted by molar-refractivity contribution is 0.0996. The first-order valence-corrected chi connectivity index (χ1v) is 5.47. The van der Waals surface area contributed by atoms with Crippen LogP contribution in [-0.2, 0) is 0 Å². The molecule has 0 radical (unpaired) electrons. The lowest BCUT2D eigenvalue weighted by atomic mass is 10.1. The zero-order chi connectivity index (χ0) is 12.0. The molecule has 4 nitrogen and oxygen atoms in total. The molecule has 0 saturated heterocycles. The highest BCUT2D eigenvalue weighted by Crippen LogP contribution is 2.21. The van der Waals surface area contributed by atoms with Crippen LogP contribution in [0.25, 0.3) is 0 Å². The Morgan fingerprint density at radius 3 is 2.75 bits per heavy atom. The molecule has 0 aliphatic heterocycles. The zero-order valence-corrected chi connectivity index (χ0v) is 9.53. The first kappa shape index (κ1) is 12.4. The Morgan fingerprint density at radius 1 is 1.38 bits per heavy atom. The second-order valence-electron chi connectivity index (χ2n) is 3.68. The number of nitrogen functional groups attached to an aromatic ring is 1. The number of hydrogen-bond acceptors (Lipinski definition) is 3. The molecule has 0 heterocycles. The fourth-order valence-electron chi connectivity index (χ4n) is 1.40. The summed E-state index contributed by atoms with van der Waals surface area (Å²) in [7, 11) is 0. The lowest BCUT2D eigenvalue weighted by Crippen LogP contribution is -2.13. The van der Waals surface area contributed by atoms with Crippen molar-refractivity contribution >= 4 is 11.6 Å². The SMILES string of the molecule is CCCCCOc1cc(N)ccc1C(N)=O. The first-order chi connectivity index (χ1) is 7.65. The Morgan fingerprint density at radius 2 is 2.12 bits per heavy atom. The van der Waals surface area contributed by atoms with Gasteiger partial charge in [-0.3, -0.25) is 4.79 Å². The number of nitrogens with two attached hydrogens (primary N) is 2. The van der Waals surface area contributed by atoms with E-state index in [1.54, 1.807) is 18.2 Å². The van der Waals surface area contributed by atoms with Gasteiger partial charge in [0.2, 0.25) is 0 Å². The highest BCUT2D eigenvalue weighted by Gasteiger charge is 2.09. The smallest absolute Gasteiger partial charge is 0.252 e. The predicted octanol–water partition coefficient (Wildman–Crippen LogP) is 1.94. The van der Waals surface area contributed by atoms with Crippen molar-refractivity contribution in [2.24, 2.45) is 5.73 Å². The highest BCUT2D eigenvalue weighted by atomic mass is 16.5. The Kier molecular flexibility index (Phi) is 4.64. The van der Waals surface area contributed by atoms with Crippen LogP contribution in [0.3, 0.4) is 0 Å². The van der Waals surface area contributed by atoms with Crippen LogP contribution in [0.4, 0.5) is 5.69 Å². The van der Waals surface area contributed by atoms with E-state index < -0.39 is 5.91 Å². The summed E-state index contributed by atoms with van der Waals surface area (Å²) in [5.41, 5.74) is 11.8. The van der Waals surface area contributed by atoms with Crippen LogP contribution >= 0.6 is 0 Å². The van der Waals surface area contributed by atoms with Gasteiger partial charge < -0.3 is 16.2 Å². The van der Waals surface area contributed by atoms with Gasteiger partial charge >= 0.3 is 0 Å². The van der Waals surface area contributed by atoms with Crippen molar-refractivity contribution < 1.29 is 9.53 Å². The third-order valence-corrected chi connectivity index (χ3v) is 2.28. The number of unbranched alkanes of at least 4 members (excludes halogenated alkanes) is 2. The molecule has 0 bridgehead atoms. The number of hydrogen-bond donors (Lipinski definition) is 2. The van der Waals surface area contributed by atoms with Crippen LogP contribution in [0.5, 0.6) is 5.75 Å². The minimum Gasteiger partial charge on any atom is -0.493 e. The van der Waals surface area contributed by atoms with E-state index in [0.29, 0.717) is 23.6 Å². The summed E-state index contributed by atoms with van der Waals surface area (Å²) in [6.07, 6.45) is 3.20. The fourth-order valence-corrected chi connectivity index (χ4v) is 1.40. The quantitative estimate of drug-likeness (QED) is 0.570. The predicted molar refractivity (Wildman–Crippen MR) is 64.4 cm³/mol. The average molecular weight is 222 g/mol. The van der Waals surface area contributed by atoms with Gasteiger partial charge in [0.25, 0.3) is 5.91 Å². The van der Waals surface area contributed by atoms with Gasteiger partial charge in [0.15, 0.2) is 0 Å². The summed E-state index contributed by atoms with van der Waals surface area (Å²) in [5, 5.41) is 0. The molecule has 1 amide bonds. The van der Waals surface area contributed by atoms with Crippen molar-refractivity contribution in [3.8, 4) is 5.75 Å². The molecule has 0 aliphatic carbocycles. The van der Waals surface area contributed by atoms with Gasteiger partial charge in [-0.1, -0.05) is 19.8 Å². The van der Waals surface area contributed by atoms with Gasteiger partial charge in [-0.15, -0.1) is 0 Å². The van der Waals surface area contributed by atoms with Crippen LogP contribution < -0.4 is 16.2 Å². The van der Waals surface area contributed by atoms with E-state index in [0.717, 1.165) is 19.3 Å². The summed E-state index contributed by atoms with van der Waals surface area (Å²) in [6, 6.07) is 4.86. The zero-order valence-electron chi connectivity index (χ0n) is 9.53. The van der Waals surface area contributed by atoms with Gasteiger partial charge in [-0.25, -0.2) is 0 Å². The Hall–Kier alpha value is -1.71. The van der Waals surface area contributed by atoms with E-state index in [9.17, 15) is 4.79 Å². The van der Waals surface area contributed by atoms with Crippen molar-refractivity contribution in [3.63, 3.8) is 0 Å². The van der Waals surface area contributed by atoms with Crippen molar-refractivity contribution in [2.45, 2.75) is 26.2 Å². The Bertz CT molecular complexity index is 364. The molecule has 0 aliphatic rings. The number of anilines is 1. The van der Waals surface area contributed by atoms with Gasteiger partial charge in [0.05, 0.1) is 12.2 Å².